The third kappa shape index (κ3) is 9.48. The van der Waals surface area contributed by atoms with E-state index in [1.54, 1.807) is 21.5 Å². The van der Waals surface area contributed by atoms with Gasteiger partial charge in [0.15, 0.2) is 29.1 Å². The topological polar surface area (TPSA) is 203 Å². The van der Waals surface area contributed by atoms with Crippen LogP contribution in [0.1, 0.15) is 60.4 Å². The van der Waals surface area contributed by atoms with Crippen molar-refractivity contribution in [2.75, 3.05) is 19.8 Å². The fraction of sp³-hybridized carbons (Fsp3) is 0.649. The lowest BCUT2D eigenvalue weighted by Gasteiger charge is -2.41. The van der Waals surface area contributed by atoms with E-state index >= 15 is 0 Å². The lowest BCUT2D eigenvalue weighted by atomic mass is 10.1. The Morgan fingerprint density at radius 2 is 1.32 bits per heavy atom. The fourth-order valence-corrected chi connectivity index (χ4v) is 13.1. The molecule has 7 heterocycles. The van der Waals surface area contributed by atoms with Crippen molar-refractivity contribution in [3.05, 3.63) is 70.0 Å². The molecule has 340 valence electrons. The summed E-state index contributed by atoms with van der Waals surface area (Å²) in [6.07, 6.45) is 0.749. The predicted octanol–water partition coefficient (Wildman–Crippen LogP) is 6.59. The van der Waals surface area contributed by atoms with Gasteiger partial charge in [0.2, 0.25) is 11.6 Å². The number of nitriles is 1. The van der Waals surface area contributed by atoms with Crippen LogP contribution in [0.4, 0.5) is 0 Å². The highest BCUT2D eigenvalue weighted by molar-refractivity contribution is 8.44. The van der Waals surface area contributed by atoms with Crippen LogP contribution < -0.4 is 11.1 Å². The number of ether oxygens (including phenoxy) is 2. The maximum Gasteiger partial charge on any atom is 0.386 e. The van der Waals surface area contributed by atoms with Gasteiger partial charge in [-0.1, -0.05) is 53.8 Å². The summed E-state index contributed by atoms with van der Waals surface area (Å²) in [4.78, 5) is 34.6. The van der Waals surface area contributed by atoms with E-state index in [2.05, 4.69) is 96.0 Å². The molecule has 0 spiro atoms. The van der Waals surface area contributed by atoms with Gasteiger partial charge in [0, 0.05) is 49.3 Å². The minimum Gasteiger partial charge on any atom is -0.408 e. The minimum absolute atomic E-state index is 0.0227. The van der Waals surface area contributed by atoms with Gasteiger partial charge in [0.25, 0.3) is 11.1 Å². The predicted molar refractivity (Wildman–Crippen MR) is 240 cm³/mol. The van der Waals surface area contributed by atoms with Crippen molar-refractivity contribution in [2.45, 2.75) is 133 Å². The zero-order valence-corrected chi connectivity index (χ0v) is 41.8. The van der Waals surface area contributed by atoms with Gasteiger partial charge in [0.1, 0.15) is 36.6 Å². The van der Waals surface area contributed by atoms with E-state index in [-0.39, 0.29) is 52.4 Å². The first-order valence-corrected chi connectivity index (χ1v) is 31.3. The third-order valence-corrected chi connectivity index (χ3v) is 25.2. The Morgan fingerprint density at radius 1 is 0.806 bits per heavy atom. The van der Waals surface area contributed by atoms with Gasteiger partial charge in [-0.15, -0.1) is 0 Å². The maximum absolute atomic E-state index is 14.7. The summed E-state index contributed by atoms with van der Waals surface area (Å²) in [5.41, 5.74) is -0.632. The van der Waals surface area contributed by atoms with Gasteiger partial charge in [-0.25, -0.2) is 14.5 Å². The van der Waals surface area contributed by atoms with Gasteiger partial charge in [0.05, 0.1) is 32.3 Å². The molecule has 0 N–H and O–H groups in total. The van der Waals surface area contributed by atoms with Crippen LogP contribution in [0.15, 0.2) is 58.9 Å². The molecule has 2 bridgehead atoms. The van der Waals surface area contributed by atoms with E-state index in [1.165, 1.54) is 45.7 Å². The number of imidazole rings is 2. The van der Waals surface area contributed by atoms with Crippen LogP contribution >= 0.6 is 25.8 Å². The number of hydrogen-bond acceptors (Lipinski definition) is 16. The van der Waals surface area contributed by atoms with Gasteiger partial charge in [-0.2, -0.15) is 5.26 Å². The largest absolute Gasteiger partial charge is 0.408 e. The minimum atomic E-state index is -4.38. The van der Waals surface area contributed by atoms with Crippen LogP contribution in [0, 0.1) is 11.3 Å². The first kappa shape index (κ1) is 47.6. The van der Waals surface area contributed by atoms with Gasteiger partial charge in [-0.05, 0) is 48.1 Å². The van der Waals surface area contributed by atoms with E-state index < -0.39 is 85.8 Å². The molecule has 3 saturated heterocycles. The number of fused-ring (bicyclic) bond motifs is 5. The summed E-state index contributed by atoms with van der Waals surface area (Å²) in [6, 6.07) is 4.82. The Labute approximate surface area is 372 Å². The SMILES string of the molecule is CC(C)(C)[Si](C)(C)O[C@@H]1[C@@H]2OP(=S)(OCCC#N)OC[C@H]3O[C@@H](n4ccc(=O)n5ccnc45)[C@H](OP(=O)(S)OC[C@H]2O[C@H]1n1ccc(=O)n2ccnc12)[C@@H]3O[Si](C)(C)C(C)(C)C. The number of nitrogens with zero attached hydrogens (tertiary/aromatic N) is 7. The summed E-state index contributed by atoms with van der Waals surface area (Å²) in [7, 11) is -5.37. The van der Waals surface area contributed by atoms with E-state index in [1.807, 2.05) is 0 Å². The molecule has 4 aromatic heterocycles. The Bertz CT molecular complexity index is 2550. The van der Waals surface area contributed by atoms with Crippen LogP contribution in [0.5, 0.6) is 0 Å². The monoisotopic (exact) mass is 971 g/mol. The van der Waals surface area contributed by atoms with Crippen LogP contribution in [-0.2, 0) is 57.3 Å². The molecule has 10 atom stereocenters. The highest BCUT2D eigenvalue weighted by Crippen LogP contribution is 2.60. The molecule has 62 heavy (non-hydrogen) atoms. The van der Waals surface area contributed by atoms with Gasteiger partial charge >= 0.3 is 13.5 Å². The lowest BCUT2D eigenvalue weighted by molar-refractivity contribution is -0.0601. The second-order valence-electron chi connectivity index (χ2n) is 18.5. The Kier molecular flexibility index (Phi) is 13.4. The van der Waals surface area contributed by atoms with Crippen LogP contribution in [0.2, 0.25) is 36.3 Å². The molecule has 19 nitrogen and oxygen atoms in total. The normalized spacial score (nSPS) is 31.6. The molecule has 2 unspecified atom stereocenters. The number of aromatic nitrogens is 6. The summed E-state index contributed by atoms with van der Waals surface area (Å²) in [5, 5.41) is 8.95. The Morgan fingerprint density at radius 3 is 1.87 bits per heavy atom. The summed E-state index contributed by atoms with van der Waals surface area (Å²) in [5.74, 6) is 0.495. The zero-order valence-electron chi connectivity index (χ0n) is 36.3. The average molecular weight is 972 g/mol. The molecule has 0 amide bonds. The molecule has 0 aliphatic carbocycles. The maximum atomic E-state index is 14.7. The Balaban J connectivity index is 1.35. The third-order valence-electron chi connectivity index (χ3n) is 12.3. The van der Waals surface area contributed by atoms with Crippen molar-refractivity contribution in [2.24, 2.45) is 0 Å². The summed E-state index contributed by atoms with van der Waals surface area (Å²) >= 11 is 10.7. The zero-order chi connectivity index (χ0) is 45.2. The van der Waals surface area contributed by atoms with Crippen LogP contribution in [0.25, 0.3) is 11.6 Å². The summed E-state index contributed by atoms with van der Waals surface area (Å²) < 4.78 is 80.7. The second-order valence-corrected chi connectivity index (χ2v) is 33.9. The first-order valence-electron chi connectivity index (χ1n) is 20.2. The molecular formula is C37H55N7O12P2S2Si2. The standard InChI is InChI=1S/C37H55N7O12P2S2Si2/c1-36(2,3)61(7,8)55-29-25-23-50-58(60,48-21-11-14-38)54-28-24(22-49-57(47,59)53-30(29)32(52-25)43-17-12-26(45)41-19-15-39-34(41)43)51-33(31(28)56-62(9,10)37(4,5)6)44-18-13-27(46)42-20-16-40-35(42)44/h12-13,15-20,24-25,28-33H,11,21-23H2,1-10H3,(H,47,59)/t24-,25-,28-,29-,30-,31-,32-,33-,57?,58?/m1/s1. The molecule has 3 aliphatic heterocycles. The van der Waals surface area contributed by atoms with Gasteiger partial charge in [-0.3, -0.25) is 41.1 Å². The van der Waals surface area contributed by atoms with E-state index in [4.69, 9.17) is 52.8 Å². The Hall–Kier alpha value is -2.37. The molecule has 0 radical (unpaired) electrons. The number of thiol groups is 1. The molecule has 7 rings (SSSR count). The van der Waals surface area contributed by atoms with E-state index in [0.29, 0.717) is 0 Å². The van der Waals surface area contributed by atoms with Crippen molar-refractivity contribution in [1.82, 2.24) is 27.9 Å². The number of rotatable bonds is 9. The summed E-state index contributed by atoms with van der Waals surface area (Å²) in [6.45, 7) is 11.7. The molecule has 25 heteroatoms. The lowest BCUT2D eigenvalue weighted by Crippen LogP contribution is -2.50. The molecule has 0 saturated carbocycles. The van der Waals surface area contributed by atoms with Crippen molar-refractivity contribution in [3.8, 4) is 6.07 Å². The molecular weight excluding hydrogens is 917 g/mol. The molecule has 3 fully saturated rings. The highest BCUT2D eigenvalue weighted by Gasteiger charge is 2.57. The van der Waals surface area contributed by atoms with Crippen molar-refractivity contribution < 1.29 is 45.5 Å². The molecule has 3 aliphatic rings. The molecule has 4 aromatic rings. The van der Waals surface area contributed by atoms with Crippen molar-refractivity contribution >= 4 is 65.8 Å². The quantitative estimate of drug-likeness (QED) is 0.0814. The van der Waals surface area contributed by atoms with Crippen molar-refractivity contribution in [1.29, 1.82) is 5.26 Å². The second kappa shape index (κ2) is 17.5. The highest BCUT2D eigenvalue weighted by atomic mass is 32.7. The van der Waals surface area contributed by atoms with E-state index in [0.717, 1.165) is 0 Å². The average Bonchev–Trinajstić information content (AvgIpc) is 3.98. The fourth-order valence-electron chi connectivity index (χ4n) is 6.94. The van der Waals surface area contributed by atoms with Gasteiger partial charge < -0.3 is 27.4 Å². The van der Waals surface area contributed by atoms with Crippen molar-refractivity contribution in [3.63, 3.8) is 0 Å². The van der Waals surface area contributed by atoms with Crippen LogP contribution in [-0.4, -0.2) is 101 Å². The smallest absolute Gasteiger partial charge is 0.386 e. The first-order chi connectivity index (χ1) is 28.9. The van der Waals surface area contributed by atoms with E-state index in [9.17, 15) is 19.4 Å². The number of hydrogen-bond donors (Lipinski definition) is 1. The van der Waals surface area contributed by atoms with Crippen LogP contribution in [0.3, 0.4) is 0 Å². The molecule has 0 aromatic carbocycles.